The molecule has 226 valence electrons. The van der Waals surface area contributed by atoms with E-state index in [2.05, 4.69) is 19.2 Å². The molecule has 0 saturated carbocycles. The second-order valence-electron chi connectivity index (χ2n) is 10.1. The van der Waals surface area contributed by atoms with E-state index in [0.717, 1.165) is 44.9 Å². The van der Waals surface area contributed by atoms with Gasteiger partial charge in [0, 0.05) is 19.4 Å². The molecule has 0 aliphatic rings. The van der Waals surface area contributed by atoms with Gasteiger partial charge in [-0.15, -0.1) is 0 Å². The van der Waals surface area contributed by atoms with Gasteiger partial charge >= 0.3 is 13.8 Å². The summed E-state index contributed by atoms with van der Waals surface area (Å²) in [6, 6.07) is 0. The Balaban J connectivity index is 3.61. The summed E-state index contributed by atoms with van der Waals surface area (Å²) >= 11 is 0. The maximum atomic E-state index is 11.9. The molecule has 9 nitrogen and oxygen atoms in total. The lowest BCUT2D eigenvalue weighted by Gasteiger charge is -2.15. The third kappa shape index (κ3) is 26.6. The SMILES string of the molecule is CCCCCCCCCCCCCCCC(=O)NCCOP(=O)(O)OCC(O)COC(=O)CCCCCC. The van der Waals surface area contributed by atoms with Gasteiger partial charge in [-0.1, -0.05) is 110 Å². The number of unbranched alkanes of at least 4 members (excludes halogenated alkanes) is 15. The van der Waals surface area contributed by atoms with Gasteiger partial charge in [-0.05, 0) is 12.8 Å². The Morgan fingerprint density at radius 1 is 0.711 bits per heavy atom. The maximum absolute atomic E-state index is 11.9. The van der Waals surface area contributed by atoms with Crippen LogP contribution in [0, 0.1) is 0 Å². The van der Waals surface area contributed by atoms with Crippen molar-refractivity contribution in [3.05, 3.63) is 0 Å². The quantitative estimate of drug-likeness (QED) is 0.0550. The molecular weight excluding hydrogens is 509 g/mol. The summed E-state index contributed by atoms with van der Waals surface area (Å²) in [4.78, 5) is 33.2. The predicted molar refractivity (Wildman–Crippen MR) is 151 cm³/mol. The highest BCUT2D eigenvalue weighted by Gasteiger charge is 2.23. The van der Waals surface area contributed by atoms with Crippen LogP contribution in [-0.4, -0.2) is 54.3 Å². The minimum absolute atomic E-state index is 0.0867. The van der Waals surface area contributed by atoms with E-state index in [4.69, 9.17) is 13.8 Å². The van der Waals surface area contributed by atoms with Gasteiger partial charge in [0.25, 0.3) is 0 Å². The van der Waals surface area contributed by atoms with Gasteiger partial charge in [0.15, 0.2) is 0 Å². The molecular formula is C28H56NO8P. The molecule has 3 N–H and O–H groups in total. The molecule has 10 heteroatoms. The van der Waals surface area contributed by atoms with Gasteiger partial charge in [-0.3, -0.25) is 18.6 Å². The molecule has 0 heterocycles. The van der Waals surface area contributed by atoms with E-state index >= 15 is 0 Å². The van der Waals surface area contributed by atoms with Crippen molar-refractivity contribution in [3.8, 4) is 0 Å². The van der Waals surface area contributed by atoms with Crippen LogP contribution in [0.3, 0.4) is 0 Å². The van der Waals surface area contributed by atoms with Gasteiger partial charge in [-0.25, -0.2) is 4.57 Å². The number of carbonyl (C=O) groups is 2. The summed E-state index contributed by atoms with van der Waals surface area (Å²) in [5, 5.41) is 12.4. The second kappa shape index (κ2) is 26.2. The number of rotatable bonds is 28. The van der Waals surface area contributed by atoms with E-state index in [1.165, 1.54) is 64.2 Å². The average molecular weight is 566 g/mol. The van der Waals surface area contributed by atoms with Crippen LogP contribution >= 0.6 is 7.82 Å². The Morgan fingerprint density at radius 3 is 1.74 bits per heavy atom. The number of hydrogen-bond donors (Lipinski definition) is 3. The lowest BCUT2D eigenvalue weighted by molar-refractivity contribution is -0.147. The molecule has 0 radical (unpaired) electrons. The summed E-state index contributed by atoms with van der Waals surface area (Å²) in [5.74, 6) is -0.532. The molecule has 0 spiro atoms. The molecule has 0 aliphatic carbocycles. The molecule has 0 saturated heterocycles. The zero-order chi connectivity index (χ0) is 28.3. The van der Waals surface area contributed by atoms with Gasteiger partial charge in [-0.2, -0.15) is 0 Å². The van der Waals surface area contributed by atoms with Crippen molar-refractivity contribution < 1.29 is 37.9 Å². The fraction of sp³-hybridized carbons (Fsp3) is 0.929. The number of amides is 1. The molecule has 2 unspecified atom stereocenters. The van der Waals surface area contributed by atoms with Crippen LogP contribution < -0.4 is 5.32 Å². The van der Waals surface area contributed by atoms with E-state index in [1.807, 2.05) is 0 Å². The zero-order valence-electron chi connectivity index (χ0n) is 24.1. The monoisotopic (exact) mass is 565 g/mol. The average Bonchev–Trinajstić information content (AvgIpc) is 2.89. The summed E-state index contributed by atoms with van der Waals surface area (Å²) in [7, 11) is -4.38. The first kappa shape index (κ1) is 37.0. The third-order valence-electron chi connectivity index (χ3n) is 6.29. The normalized spacial score (nSPS) is 13.7. The number of hydrogen-bond acceptors (Lipinski definition) is 7. The molecule has 0 aromatic heterocycles. The number of esters is 1. The number of ether oxygens (including phenoxy) is 1. The van der Waals surface area contributed by atoms with Crippen LogP contribution in [0.2, 0.25) is 0 Å². The Morgan fingerprint density at radius 2 is 1.18 bits per heavy atom. The van der Waals surface area contributed by atoms with Crippen molar-refractivity contribution in [2.75, 3.05) is 26.4 Å². The fourth-order valence-electron chi connectivity index (χ4n) is 3.97. The molecule has 0 aromatic carbocycles. The lowest BCUT2D eigenvalue weighted by atomic mass is 10.0. The van der Waals surface area contributed by atoms with Gasteiger partial charge in [0.2, 0.25) is 5.91 Å². The Kier molecular flexibility index (Phi) is 25.6. The van der Waals surface area contributed by atoms with Crippen molar-refractivity contribution in [1.29, 1.82) is 0 Å². The number of phosphoric ester groups is 1. The molecule has 0 aromatic rings. The first-order valence-corrected chi connectivity index (χ1v) is 16.5. The van der Waals surface area contributed by atoms with Crippen LogP contribution in [0.1, 0.15) is 136 Å². The highest BCUT2D eigenvalue weighted by atomic mass is 31.2. The van der Waals surface area contributed by atoms with Gasteiger partial charge in [0.05, 0.1) is 13.2 Å². The molecule has 1 amide bonds. The van der Waals surface area contributed by atoms with E-state index in [1.54, 1.807) is 0 Å². The minimum Gasteiger partial charge on any atom is -0.463 e. The van der Waals surface area contributed by atoms with Crippen LogP contribution in [0.15, 0.2) is 0 Å². The maximum Gasteiger partial charge on any atom is 0.472 e. The predicted octanol–water partition coefficient (Wildman–Crippen LogP) is 6.59. The Labute approximate surface area is 231 Å². The largest absolute Gasteiger partial charge is 0.472 e. The van der Waals surface area contributed by atoms with Crippen molar-refractivity contribution in [2.45, 2.75) is 142 Å². The number of phosphoric acid groups is 1. The Bertz CT molecular complexity index is 620. The van der Waals surface area contributed by atoms with Crippen molar-refractivity contribution >= 4 is 19.7 Å². The van der Waals surface area contributed by atoms with Gasteiger partial charge < -0.3 is 20.1 Å². The molecule has 0 fully saturated rings. The summed E-state index contributed by atoms with van der Waals surface area (Å²) < 4.78 is 26.4. The summed E-state index contributed by atoms with van der Waals surface area (Å²) in [6.45, 7) is 3.39. The van der Waals surface area contributed by atoms with Crippen molar-refractivity contribution in [2.24, 2.45) is 0 Å². The number of nitrogens with one attached hydrogen (secondary N) is 1. The first-order chi connectivity index (χ1) is 18.3. The van der Waals surface area contributed by atoms with E-state index in [0.29, 0.717) is 6.42 Å². The molecule has 0 rings (SSSR count). The number of aliphatic hydroxyl groups excluding tert-OH is 1. The first-order valence-electron chi connectivity index (χ1n) is 15.0. The van der Waals surface area contributed by atoms with E-state index < -0.39 is 26.5 Å². The van der Waals surface area contributed by atoms with Crippen molar-refractivity contribution in [3.63, 3.8) is 0 Å². The summed E-state index contributed by atoms with van der Waals surface area (Å²) in [6.07, 6.45) is 19.5. The third-order valence-corrected chi connectivity index (χ3v) is 7.27. The van der Waals surface area contributed by atoms with Crippen LogP contribution in [0.25, 0.3) is 0 Å². The summed E-state index contributed by atoms with van der Waals surface area (Å²) in [5.41, 5.74) is 0. The molecule has 0 bridgehead atoms. The van der Waals surface area contributed by atoms with Crippen molar-refractivity contribution in [1.82, 2.24) is 5.32 Å². The number of carbonyl (C=O) groups excluding carboxylic acids is 2. The fourth-order valence-corrected chi connectivity index (χ4v) is 4.72. The standard InChI is InChI=1S/C28H56NO8P/c1-3-5-7-9-10-11-12-13-14-15-16-17-18-20-27(31)29-22-23-36-38(33,34)37-25-26(30)24-35-28(32)21-19-8-6-4-2/h26,30H,3-25H2,1-2H3,(H,29,31)(H,33,34). The van der Waals surface area contributed by atoms with Gasteiger partial charge in [0.1, 0.15) is 12.7 Å². The van der Waals surface area contributed by atoms with Crippen LogP contribution in [-0.2, 0) is 27.9 Å². The highest BCUT2D eigenvalue weighted by molar-refractivity contribution is 7.47. The Hall–Kier alpha value is -0.990. The molecule has 2 atom stereocenters. The lowest BCUT2D eigenvalue weighted by Crippen LogP contribution is -2.27. The minimum atomic E-state index is -4.38. The second-order valence-corrected chi connectivity index (χ2v) is 11.5. The van der Waals surface area contributed by atoms with E-state index in [9.17, 15) is 24.2 Å². The topological polar surface area (TPSA) is 131 Å². The van der Waals surface area contributed by atoms with Crippen LogP contribution in [0.5, 0.6) is 0 Å². The number of aliphatic hydroxyl groups is 1. The smallest absolute Gasteiger partial charge is 0.463 e. The van der Waals surface area contributed by atoms with Crippen LogP contribution in [0.4, 0.5) is 0 Å². The molecule has 38 heavy (non-hydrogen) atoms. The highest BCUT2D eigenvalue weighted by Crippen LogP contribution is 2.42. The van der Waals surface area contributed by atoms with E-state index in [-0.39, 0.29) is 32.1 Å². The molecule has 0 aliphatic heterocycles. The zero-order valence-corrected chi connectivity index (χ0v) is 25.0.